The Morgan fingerprint density at radius 1 is 1.23 bits per heavy atom. The fourth-order valence-electron chi connectivity index (χ4n) is 1.29. The van der Waals surface area contributed by atoms with Crippen molar-refractivity contribution in [2.45, 2.75) is 0 Å². The molecule has 1 aromatic heterocycles. The Bertz CT molecular complexity index is 467. The van der Waals surface area contributed by atoms with Crippen LogP contribution in [-0.2, 0) is 0 Å². The molecule has 0 aliphatic rings. The van der Waals surface area contributed by atoms with Crippen LogP contribution < -0.4 is 0 Å². The lowest BCUT2D eigenvalue weighted by Gasteiger charge is -2.00. The van der Waals surface area contributed by atoms with Gasteiger partial charge in [-0.1, -0.05) is 23.7 Å². The van der Waals surface area contributed by atoms with E-state index in [0.29, 0.717) is 10.7 Å². The summed E-state index contributed by atoms with van der Waals surface area (Å²) in [5, 5.41) is 2.30. The van der Waals surface area contributed by atoms with Crippen LogP contribution >= 0.6 is 11.6 Å². The zero-order valence-corrected chi connectivity index (χ0v) is 7.45. The molecule has 2 aromatic rings. The van der Waals surface area contributed by atoms with Gasteiger partial charge in [-0.05, 0) is 12.1 Å². The molecule has 2 nitrogen and oxygen atoms in total. The number of hydrogen-bond donors (Lipinski definition) is 0. The van der Waals surface area contributed by atoms with Crippen molar-refractivity contribution in [2.75, 3.05) is 0 Å². The molecule has 13 heavy (non-hydrogen) atoms. The molecule has 0 amide bonds. The van der Waals surface area contributed by atoms with Crippen LogP contribution in [0.15, 0.2) is 30.5 Å². The molecular weight excluding hydrogens is 186 g/mol. The fraction of sp³-hybridized carbons (Fsp3) is 0. The van der Waals surface area contributed by atoms with Crippen molar-refractivity contribution in [1.29, 1.82) is 0 Å². The van der Waals surface area contributed by atoms with E-state index < -0.39 is 0 Å². The minimum absolute atomic E-state index is 0.431. The van der Waals surface area contributed by atoms with E-state index >= 15 is 0 Å². The first-order valence-corrected chi connectivity index (χ1v) is 4.19. The van der Waals surface area contributed by atoms with E-state index in [9.17, 15) is 4.79 Å². The third-order valence-electron chi connectivity index (χ3n) is 1.90. The summed E-state index contributed by atoms with van der Waals surface area (Å²) in [5.74, 6) is 0. The number of benzene rings is 1. The number of hydrogen-bond acceptors (Lipinski definition) is 2. The quantitative estimate of drug-likeness (QED) is 0.649. The highest BCUT2D eigenvalue weighted by atomic mass is 35.5. The highest BCUT2D eigenvalue weighted by molar-refractivity contribution is 6.35. The van der Waals surface area contributed by atoms with Crippen LogP contribution in [0, 0.1) is 0 Å². The molecule has 0 aliphatic heterocycles. The molecule has 0 fully saturated rings. The van der Waals surface area contributed by atoms with Gasteiger partial charge in [-0.15, -0.1) is 0 Å². The number of carbonyl (C=O) groups excluding carboxylic acids is 1. The minimum Gasteiger partial charge on any atom is -0.296 e. The predicted molar refractivity (Wildman–Crippen MR) is 52.1 cm³/mol. The summed E-state index contributed by atoms with van der Waals surface area (Å²) in [6.45, 7) is 0. The molecule has 0 atom stereocenters. The first-order valence-electron chi connectivity index (χ1n) is 3.81. The van der Waals surface area contributed by atoms with Crippen LogP contribution in [0.5, 0.6) is 0 Å². The molecule has 3 heteroatoms. The normalized spacial score (nSPS) is 10.2. The largest absolute Gasteiger partial charge is 0.296 e. The number of aldehydes is 1. The maximum Gasteiger partial charge on any atom is 0.169 e. The lowest BCUT2D eigenvalue weighted by Crippen LogP contribution is -1.87. The van der Waals surface area contributed by atoms with Crippen LogP contribution in [-0.4, -0.2) is 11.3 Å². The summed E-state index contributed by atoms with van der Waals surface area (Å²) in [4.78, 5) is 14.6. The number of rotatable bonds is 1. The molecule has 0 N–H and O–H groups in total. The molecule has 0 unspecified atom stereocenters. The summed E-state index contributed by atoms with van der Waals surface area (Å²) >= 11 is 5.94. The Morgan fingerprint density at radius 2 is 2.08 bits per heavy atom. The first-order chi connectivity index (χ1) is 6.33. The second-order valence-corrected chi connectivity index (χ2v) is 3.06. The number of pyridine rings is 1. The van der Waals surface area contributed by atoms with Crippen molar-refractivity contribution in [3.8, 4) is 0 Å². The topological polar surface area (TPSA) is 30.0 Å². The van der Waals surface area contributed by atoms with E-state index in [1.165, 1.54) is 0 Å². The van der Waals surface area contributed by atoms with Crippen molar-refractivity contribution in [3.05, 3.63) is 41.2 Å². The molecule has 0 saturated heterocycles. The van der Waals surface area contributed by atoms with Gasteiger partial charge in [0.05, 0.1) is 0 Å². The van der Waals surface area contributed by atoms with Crippen molar-refractivity contribution in [2.24, 2.45) is 0 Å². The third kappa shape index (κ3) is 1.29. The Hall–Kier alpha value is -1.41. The number of nitrogens with zero attached hydrogens (tertiary/aromatic N) is 1. The monoisotopic (exact) mass is 191 g/mol. The van der Waals surface area contributed by atoms with E-state index in [1.807, 2.05) is 6.07 Å². The maximum atomic E-state index is 10.6. The number of halogens is 1. The van der Waals surface area contributed by atoms with Crippen LogP contribution in [0.4, 0.5) is 0 Å². The van der Waals surface area contributed by atoms with Gasteiger partial charge in [-0.25, -0.2) is 0 Å². The molecule has 64 valence electrons. The van der Waals surface area contributed by atoms with E-state index in [0.717, 1.165) is 17.1 Å². The van der Waals surface area contributed by atoms with Gasteiger partial charge in [0.2, 0.25) is 0 Å². The predicted octanol–water partition coefficient (Wildman–Crippen LogP) is 2.70. The van der Waals surface area contributed by atoms with E-state index in [-0.39, 0.29) is 0 Å². The summed E-state index contributed by atoms with van der Waals surface area (Å²) in [5.41, 5.74) is 0.431. The fourth-order valence-corrected chi connectivity index (χ4v) is 1.52. The minimum atomic E-state index is 0.431. The van der Waals surface area contributed by atoms with Crippen molar-refractivity contribution in [1.82, 2.24) is 4.98 Å². The van der Waals surface area contributed by atoms with E-state index in [2.05, 4.69) is 4.98 Å². The summed E-state index contributed by atoms with van der Waals surface area (Å²) < 4.78 is 0. The zero-order valence-electron chi connectivity index (χ0n) is 6.70. The van der Waals surface area contributed by atoms with Gasteiger partial charge in [-0.2, -0.15) is 0 Å². The molecule has 0 aliphatic carbocycles. The molecule has 0 spiro atoms. The Balaban J connectivity index is 2.92. The summed E-state index contributed by atoms with van der Waals surface area (Å²) in [6.07, 6.45) is 2.32. The van der Waals surface area contributed by atoms with Crippen LogP contribution in [0.2, 0.25) is 5.02 Å². The van der Waals surface area contributed by atoms with Gasteiger partial charge in [0.15, 0.2) is 6.29 Å². The number of fused-ring (bicyclic) bond motifs is 1. The van der Waals surface area contributed by atoms with E-state index in [4.69, 9.17) is 11.6 Å². The molecule has 0 bridgehead atoms. The van der Waals surface area contributed by atoms with Crippen molar-refractivity contribution >= 4 is 28.7 Å². The third-order valence-corrected chi connectivity index (χ3v) is 2.22. The smallest absolute Gasteiger partial charge is 0.169 e. The van der Waals surface area contributed by atoms with Crippen molar-refractivity contribution < 1.29 is 4.79 Å². The Kier molecular flexibility index (Phi) is 1.99. The molecule has 0 radical (unpaired) electrons. The average molecular weight is 192 g/mol. The second-order valence-electron chi connectivity index (χ2n) is 2.65. The molecular formula is C10H6ClNO. The van der Waals surface area contributed by atoms with Gasteiger partial charge in [0.25, 0.3) is 0 Å². The van der Waals surface area contributed by atoms with Gasteiger partial charge in [-0.3, -0.25) is 9.78 Å². The van der Waals surface area contributed by atoms with Gasteiger partial charge < -0.3 is 0 Å². The molecule has 1 aromatic carbocycles. The van der Waals surface area contributed by atoms with Crippen molar-refractivity contribution in [3.63, 3.8) is 0 Å². The van der Waals surface area contributed by atoms with Gasteiger partial charge in [0.1, 0.15) is 5.69 Å². The summed E-state index contributed by atoms with van der Waals surface area (Å²) in [6, 6.07) is 7.22. The number of carbonyl (C=O) groups is 1. The van der Waals surface area contributed by atoms with Crippen LogP contribution in [0.25, 0.3) is 10.8 Å². The van der Waals surface area contributed by atoms with E-state index in [1.54, 1.807) is 24.4 Å². The highest BCUT2D eigenvalue weighted by Gasteiger charge is 2.02. The molecule has 0 saturated carbocycles. The zero-order chi connectivity index (χ0) is 9.26. The standard InChI is InChI=1S/C10H6ClNO/c11-9-3-1-2-8-7(9)4-5-12-10(8)6-13/h1-6H. The van der Waals surface area contributed by atoms with Crippen LogP contribution in [0.1, 0.15) is 10.5 Å². The highest BCUT2D eigenvalue weighted by Crippen LogP contribution is 2.23. The number of aromatic nitrogens is 1. The Labute approximate surface area is 80.2 Å². The maximum absolute atomic E-state index is 10.6. The Morgan fingerprint density at radius 3 is 2.85 bits per heavy atom. The summed E-state index contributed by atoms with van der Waals surface area (Å²) in [7, 11) is 0. The average Bonchev–Trinajstić information content (AvgIpc) is 2.18. The SMILES string of the molecule is O=Cc1nccc2c(Cl)cccc12. The van der Waals surface area contributed by atoms with Crippen LogP contribution in [0.3, 0.4) is 0 Å². The molecule has 1 heterocycles. The lowest BCUT2D eigenvalue weighted by atomic mass is 10.1. The van der Waals surface area contributed by atoms with Gasteiger partial charge in [0, 0.05) is 22.0 Å². The van der Waals surface area contributed by atoms with Gasteiger partial charge >= 0.3 is 0 Å². The lowest BCUT2D eigenvalue weighted by molar-refractivity contribution is 0.112. The molecule has 2 rings (SSSR count). The second kappa shape index (κ2) is 3.15. The first kappa shape index (κ1) is 8.20.